The van der Waals surface area contributed by atoms with Crippen LogP contribution in [0.15, 0.2) is 91.0 Å². The predicted molar refractivity (Wildman–Crippen MR) is 446 cm³/mol. The first-order chi connectivity index (χ1) is 46.1. The van der Waals surface area contributed by atoms with Crippen molar-refractivity contribution in [2.75, 3.05) is 42.7 Å². The van der Waals surface area contributed by atoms with E-state index in [-0.39, 0.29) is 138 Å². The van der Waals surface area contributed by atoms with Gasteiger partial charge < -0.3 is 28.4 Å². The number of rotatable bonds is 21. The summed E-state index contributed by atoms with van der Waals surface area (Å²) in [6.07, 6.45) is 24.9. The number of ether oxygens (including phenoxy) is 6. The zero-order valence-corrected chi connectivity index (χ0v) is 78.4. The average molecular weight is 1770 g/mol. The Balaban J connectivity index is -0.00000129. The summed E-state index contributed by atoms with van der Waals surface area (Å²) < 4.78 is 52.6. The minimum atomic E-state index is 0. The minimum Gasteiger partial charge on any atom is -0.496 e. The van der Waals surface area contributed by atoms with Crippen molar-refractivity contribution in [2.24, 2.45) is 0 Å². The van der Waals surface area contributed by atoms with Crippen LogP contribution < -0.4 is 28.4 Å². The Morgan fingerprint density at radius 2 is 0.465 bits per heavy atom. The molecule has 0 N–H and O–H groups in total. The van der Waals surface area contributed by atoms with Crippen LogP contribution in [-0.2, 0) is 111 Å². The Bertz CT molecular complexity index is 3650. The van der Waals surface area contributed by atoms with Crippen LogP contribution in [0.2, 0.25) is 0 Å². The first-order valence-electron chi connectivity index (χ1n) is 30.7. The van der Waals surface area contributed by atoms with E-state index in [1.807, 2.05) is 162 Å². The van der Waals surface area contributed by atoms with E-state index in [9.17, 15) is 0 Å². The van der Waals surface area contributed by atoms with Gasteiger partial charge in [-0.05, 0) is 226 Å². The second kappa shape index (κ2) is 54.9. The summed E-state index contributed by atoms with van der Waals surface area (Å²) in [7, 11) is 26.4. The molecule has 99 heavy (non-hydrogen) atoms. The first kappa shape index (κ1) is 96.4. The van der Waals surface area contributed by atoms with E-state index < -0.39 is 0 Å². The first-order valence-corrected chi connectivity index (χ1v) is 41.9. The summed E-state index contributed by atoms with van der Waals surface area (Å²) in [4.78, 5) is 16.0. The molecule has 6 nitrogen and oxygen atoms in total. The summed E-state index contributed by atoms with van der Waals surface area (Å²) in [5, 5.41) is 0. The van der Waals surface area contributed by atoms with Crippen molar-refractivity contribution in [1.29, 1.82) is 3.84 Å². The van der Waals surface area contributed by atoms with Crippen molar-refractivity contribution in [2.45, 2.75) is 83.1 Å². The Morgan fingerprint density at radius 1 is 0.293 bits per heavy atom. The molecule has 0 amide bonds. The van der Waals surface area contributed by atoms with Crippen LogP contribution in [0.5, 0.6) is 34.5 Å². The van der Waals surface area contributed by atoms with E-state index in [2.05, 4.69) is 135 Å². The molecule has 0 bridgehead atoms. The molecule has 6 unspecified atom stereocenters. The Hall–Kier alpha value is -0.619. The quantitative estimate of drug-likeness (QED) is 0.0528. The Kier molecular flexibility index (Phi) is 53.4. The topological polar surface area (TPSA) is 55.4 Å². The third kappa shape index (κ3) is 31.6. The van der Waals surface area contributed by atoms with Gasteiger partial charge >= 0.3 is 0 Å². The molecule has 9 aromatic rings. The molecule has 0 saturated carbocycles. The van der Waals surface area contributed by atoms with Gasteiger partial charge in [0.2, 0.25) is 0 Å². The summed E-state index contributed by atoms with van der Waals surface area (Å²) in [6.45, 7) is 25.6. The van der Waals surface area contributed by atoms with Gasteiger partial charge in [0.25, 0.3) is 0 Å². The third-order valence-electron chi connectivity index (χ3n) is 14.1. The van der Waals surface area contributed by atoms with E-state index in [4.69, 9.17) is 55.0 Å². The molecule has 9 rings (SSSR count). The molecule has 516 valence electrons. The number of aryl methyl sites for hydroxylation is 9. The van der Waals surface area contributed by atoms with Gasteiger partial charge in [0.15, 0.2) is 0 Å². The van der Waals surface area contributed by atoms with Crippen LogP contribution >= 0.6 is 119 Å². The Morgan fingerprint density at radius 3 is 0.616 bits per heavy atom. The van der Waals surface area contributed by atoms with Crippen LogP contribution in [0.1, 0.15) is 117 Å². The third-order valence-corrected chi connectivity index (χ3v) is 21.8. The number of hydrogen-bond donors (Lipinski definition) is 0. The zero-order valence-electron chi connectivity index (χ0n) is 62.2. The molecular formula is C72H87B3O6P6S6V6. The van der Waals surface area contributed by atoms with E-state index in [0.717, 1.165) is 67.9 Å². The molecule has 3 aromatic carbocycles. The molecule has 6 atom stereocenters. The minimum absolute atomic E-state index is 0. The van der Waals surface area contributed by atoms with E-state index in [1.54, 1.807) is 42.7 Å². The summed E-state index contributed by atoms with van der Waals surface area (Å²) in [5.41, 5.74) is 14.0. The number of methoxy groups -OCH3 is 6. The summed E-state index contributed by atoms with van der Waals surface area (Å²) >= 11 is 11.1. The largest absolute Gasteiger partial charge is 0.496 e. The number of thiophene rings is 6. The fourth-order valence-corrected chi connectivity index (χ4v) is 15.6. The number of benzene rings is 3. The second-order valence-corrected chi connectivity index (χ2v) is 30.9. The van der Waals surface area contributed by atoms with Crippen molar-refractivity contribution >= 4 is 196 Å². The molecule has 6 aromatic heterocycles. The van der Waals surface area contributed by atoms with Gasteiger partial charge in [0, 0.05) is 203 Å². The standard InChI is InChI=1S/3C24H26O2S2.3BH3P2.6V/c3*1-7-8-18-13-21(26-6)19(14-20(18)25-5)9-10-22-16(3)12-24(28-22)23-11-15(2)17(4)27-23;3*1-3-2;;;;;;/h3*7-14H,1-6H3;3*3H,2H2;;;;;;/b3*8-7+,10-9+;;;;;;;;;/i;;;3*2T;;;;;;. The van der Waals surface area contributed by atoms with Crippen molar-refractivity contribution < 1.29 is 140 Å². The van der Waals surface area contributed by atoms with Gasteiger partial charge in [0.05, 0.1) is 46.5 Å². The maximum atomic E-state index is 6.37. The molecule has 0 aliphatic heterocycles. The molecule has 0 aliphatic rings. The molecule has 0 fully saturated rings. The van der Waals surface area contributed by atoms with Gasteiger partial charge in [0.1, 0.15) is 57.2 Å². The van der Waals surface area contributed by atoms with Gasteiger partial charge in [-0.1, -0.05) is 36.5 Å². The zero-order chi connectivity index (χ0) is 71.0. The molecule has 12 radical (unpaired) electrons. The molecule has 27 heteroatoms. The van der Waals surface area contributed by atoms with Gasteiger partial charge in [-0.2, -0.15) is 24.4 Å². The van der Waals surface area contributed by atoms with E-state index in [1.165, 1.54) is 91.9 Å². The van der Waals surface area contributed by atoms with Gasteiger partial charge in [-0.15, -0.1) is 94.6 Å². The van der Waals surface area contributed by atoms with Crippen molar-refractivity contribution in [1.82, 2.24) is 0 Å². The van der Waals surface area contributed by atoms with E-state index >= 15 is 0 Å². The van der Waals surface area contributed by atoms with Crippen LogP contribution in [0, 0.1) is 62.3 Å². The predicted octanol–water partition coefficient (Wildman–Crippen LogP) is 24.5. The van der Waals surface area contributed by atoms with Crippen molar-refractivity contribution in [3.63, 3.8) is 0 Å². The second-order valence-electron chi connectivity index (χ2n) is 20.5. The smallest absolute Gasteiger partial charge is 0.126 e. The molecule has 0 spiro atoms. The molecular weight excluding hydrogens is 1680 g/mol. The van der Waals surface area contributed by atoms with Gasteiger partial charge in [-0.25, -0.2) is 0 Å². The van der Waals surface area contributed by atoms with Crippen LogP contribution in [0.3, 0.4) is 0 Å². The van der Waals surface area contributed by atoms with Gasteiger partial charge in [-0.3, -0.25) is 0 Å². The fourth-order valence-electron chi connectivity index (χ4n) is 9.08. The summed E-state index contributed by atoms with van der Waals surface area (Å²) in [6, 6.07) is 25.8. The van der Waals surface area contributed by atoms with E-state index in [0.29, 0.717) is 24.4 Å². The van der Waals surface area contributed by atoms with Crippen LogP contribution in [-0.4, -0.2) is 69.2 Å². The normalized spacial score (nSPS) is 11.5. The number of hydrogen-bond acceptors (Lipinski definition) is 12. The fraction of sp³-hybridized carbons (Fsp3) is 0.250. The molecule has 6 heterocycles. The number of allylic oxidation sites excluding steroid dienone is 3. The maximum Gasteiger partial charge on any atom is 0.126 e. The average Bonchev–Trinajstić information content (AvgIpc) is 1.44. The molecule has 0 saturated heterocycles. The van der Waals surface area contributed by atoms with Crippen LogP contribution in [0.25, 0.3) is 83.9 Å². The SMILES string of the molecule is C/C=C/c1cc(OC)c(/C=C/c2sc(-c3cc(C)c(C)s3)cc2C)cc1OC.C/C=C/c1cc(OC)c(/C=C/c2sc(-c3cc(C)c(C)s3)cc2C)cc1OC.C/C=C/c1cc(OC)c(/C=C/c2sc(-c3cc(C)c(C)s3)cc2C)cc1OC.[3H]PP[B].[3H]PP[B].[3H]PP[B].[V].[V].[V].[V].[V].[V]. The maximum absolute atomic E-state index is 6.37. The van der Waals surface area contributed by atoms with Crippen molar-refractivity contribution in [3.8, 4) is 63.8 Å². The monoisotopic (exact) mass is 1770 g/mol. The van der Waals surface area contributed by atoms with Crippen molar-refractivity contribution in [3.05, 3.63) is 187 Å². The summed E-state index contributed by atoms with van der Waals surface area (Å²) in [5.74, 6) is 5.03. The van der Waals surface area contributed by atoms with Crippen LogP contribution in [0.4, 0.5) is 0 Å². The Labute approximate surface area is 708 Å². The molecule has 0 aliphatic carbocycles.